The van der Waals surface area contributed by atoms with Crippen LogP contribution in [0.5, 0.6) is 0 Å². The van der Waals surface area contributed by atoms with Crippen molar-refractivity contribution in [3.05, 3.63) is 48.0 Å². The number of fused-ring (bicyclic) bond motifs is 1. The highest BCUT2D eigenvalue weighted by atomic mass is 16.4. The van der Waals surface area contributed by atoms with Gasteiger partial charge in [-0.1, -0.05) is 30.3 Å². The third-order valence-corrected chi connectivity index (χ3v) is 2.00. The molecule has 0 aliphatic carbocycles. The van der Waals surface area contributed by atoms with Gasteiger partial charge >= 0.3 is 5.97 Å². The summed E-state index contributed by atoms with van der Waals surface area (Å²) in [6, 6.07) is 12.8. The maximum atomic E-state index is 10.6. The highest BCUT2D eigenvalue weighted by molar-refractivity contribution is 5.94. The third-order valence-electron chi connectivity index (χ3n) is 2.00. The second-order valence-corrected chi connectivity index (χ2v) is 3.28. The Bertz CT molecular complexity index is 477. The fraction of sp³-hybridized carbons (Fsp3) is 0.154. The van der Waals surface area contributed by atoms with E-state index in [9.17, 15) is 4.79 Å². The molecule has 0 radical (unpaired) electrons. The van der Waals surface area contributed by atoms with Crippen molar-refractivity contribution in [2.45, 2.75) is 0 Å². The summed E-state index contributed by atoms with van der Waals surface area (Å²) in [4.78, 5) is 10.6. The predicted octanol–water partition coefficient (Wildman–Crippen LogP) is 2.80. The number of carboxylic acid groups (broad SMARTS) is 1. The predicted molar refractivity (Wildman–Crippen MR) is 63.8 cm³/mol. The second-order valence-electron chi connectivity index (χ2n) is 3.28. The van der Waals surface area contributed by atoms with Crippen LogP contribution in [-0.4, -0.2) is 25.3 Å². The van der Waals surface area contributed by atoms with Gasteiger partial charge in [-0.15, -0.1) is 0 Å². The number of ether oxygens (including phenoxy) is 1. The number of carboxylic acids is 1. The van der Waals surface area contributed by atoms with Gasteiger partial charge in [0, 0.05) is 14.2 Å². The molecule has 3 nitrogen and oxygen atoms in total. The van der Waals surface area contributed by atoms with Crippen LogP contribution in [-0.2, 0) is 4.74 Å². The number of hydrogen-bond acceptors (Lipinski definition) is 2. The van der Waals surface area contributed by atoms with Gasteiger partial charge in [-0.05, 0) is 22.9 Å². The molecule has 0 amide bonds. The number of rotatable bonds is 1. The number of benzene rings is 2. The van der Waals surface area contributed by atoms with Gasteiger partial charge in [0.25, 0.3) is 0 Å². The lowest BCUT2D eigenvalue weighted by Crippen LogP contribution is -1.94. The molecule has 0 unspecified atom stereocenters. The molecule has 0 spiro atoms. The van der Waals surface area contributed by atoms with Gasteiger partial charge in [-0.25, -0.2) is 4.79 Å². The smallest absolute Gasteiger partial charge is 0.335 e. The quantitative estimate of drug-likeness (QED) is 0.800. The second kappa shape index (κ2) is 5.88. The molecule has 0 heterocycles. The number of carbonyl (C=O) groups is 1. The number of methoxy groups -OCH3 is 1. The van der Waals surface area contributed by atoms with E-state index in [0.29, 0.717) is 5.56 Å². The summed E-state index contributed by atoms with van der Waals surface area (Å²) in [7, 11) is 3.25. The van der Waals surface area contributed by atoms with E-state index in [4.69, 9.17) is 5.11 Å². The van der Waals surface area contributed by atoms with Gasteiger partial charge in [0.2, 0.25) is 0 Å². The van der Waals surface area contributed by atoms with Gasteiger partial charge in [0.1, 0.15) is 0 Å². The molecule has 2 aromatic carbocycles. The topological polar surface area (TPSA) is 46.5 Å². The van der Waals surface area contributed by atoms with Crippen LogP contribution in [0.1, 0.15) is 10.4 Å². The Kier molecular flexibility index (Phi) is 4.48. The normalized spacial score (nSPS) is 9.38. The number of hydrogen-bond donors (Lipinski definition) is 1. The lowest BCUT2D eigenvalue weighted by Gasteiger charge is -1.98. The van der Waals surface area contributed by atoms with E-state index in [1.54, 1.807) is 26.4 Å². The molecule has 16 heavy (non-hydrogen) atoms. The maximum Gasteiger partial charge on any atom is 0.335 e. The Labute approximate surface area is 94.3 Å². The van der Waals surface area contributed by atoms with E-state index in [2.05, 4.69) is 4.74 Å². The zero-order valence-electron chi connectivity index (χ0n) is 9.31. The Morgan fingerprint density at radius 1 is 1.06 bits per heavy atom. The first-order valence-corrected chi connectivity index (χ1v) is 4.81. The van der Waals surface area contributed by atoms with E-state index in [-0.39, 0.29) is 0 Å². The van der Waals surface area contributed by atoms with Gasteiger partial charge in [-0.2, -0.15) is 0 Å². The van der Waals surface area contributed by atoms with E-state index in [0.717, 1.165) is 10.8 Å². The van der Waals surface area contributed by atoms with Crippen molar-refractivity contribution >= 4 is 16.7 Å². The minimum Gasteiger partial charge on any atom is -0.478 e. The fourth-order valence-electron chi connectivity index (χ4n) is 1.32. The average Bonchev–Trinajstić information content (AvgIpc) is 2.29. The molecule has 0 aliphatic rings. The monoisotopic (exact) mass is 218 g/mol. The molecule has 1 N–H and O–H groups in total. The minimum absolute atomic E-state index is 0.332. The SMILES string of the molecule is COC.O=C(O)c1ccc2ccccc2c1. The standard InChI is InChI=1S/C11H8O2.C2H6O/c12-11(13)10-6-5-8-3-1-2-4-9(8)7-10;1-3-2/h1-7H,(H,12,13);1-2H3. The Balaban J connectivity index is 0.000000386. The van der Waals surface area contributed by atoms with Crippen molar-refractivity contribution in [3.63, 3.8) is 0 Å². The van der Waals surface area contributed by atoms with Crippen molar-refractivity contribution in [3.8, 4) is 0 Å². The van der Waals surface area contributed by atoms with Gasteiger partial charge in [0.05, 0.1) is 5.56 Å². The summed E-state index contributed by atoms with van der Waals surface area (Å²) < 4.78 is 4.25. The molecule has 0 aromatic heterocycles. The lowest BCUT2D eigenvalue weighted by atomic mass is 10.1. The van der Waals surface area contributed by atoms with Crippen molar-refractivity contribution in [2.75, 3.05) is 14.2 Å². The molecule has 0 fully saturated rings. The Morgan fingerprint density at radius 3 is 2.19 bits per heavy atom. The van der Waals surface area contributed by atoms with Crippen molar-refractivity contribution in [1.29, 1.82) is 0 Å². The van der Waals surface area contributed by atoms with Crippen molar-refractivity contribution < 1.29 is 14.6 Å². The van der Waals surface area contributed by atoms with Crippen LogP contribution in [0.15, 0.2) is 42.5 Å². The first-order chi connectivity index (χ1) is 7.69. The van der Waals surface area contributed by atoms with Crippen LogP contribution in [0.3, 0.4) is 0 Å². The van der Waals surface area contributed by atoms with Crippen LogP contribution in [0.4, 0.5) is 0 Å². The van der Waals surface area contributed by atoms with Crippen LogP contribution in [0, 0.1) is 0 Å². The van der Waals surface area contributed by atoms with Crippen molar-refractivity contribution in [1.82, 2.24) is 0 Å². The van der Waals surface area contributed by atoms with E-state index < -0.39 is 5.97 Å². The van der Waals surface area contributed by atoms with Gasteiger partial charge < -0.3 is 9.84 Å². The lowest BCUT2D eigenvalue weighted by molar-refractivity contribution is 0.0697. The highest BCUT2D eigenvalue weighted by Crippen LogP contribution is 2.15. The van der Waals surface area contributed by atoms with Crippen LogP contribution in [0.25, 0.3) is 10.8 Å². The Morgan fingerprint density at radius 2 is 1.62 bits per heavy atom. The molecule has 3 heteroatoms. The molecule has 0 aliphatic heterocycles. The van der Waals surface area contributed by atoms with Gasteiger partial charge in [0.15, 0.2) is 0 Å². The van der Waals surface area contributed by atoms with Gasteiger partial charge in [-0.3, -0.25) is 0 Å². The summed E-state index contributed by atoms with van der Waals surface area (Å²) in [5.41, 5.74) is 0.332. The molecule has 0 atom stereocenters. The maximum absolute atomic E-state index is 10.6. The zero-order valence-corrected chi connectivity index (χ0v) is 9.31. The molecule has 0 saturated carbocycles. The highest BCUT2D eigenvalue weighted by Gasteiger charge is 2.01. The van der Waals surface area contributed by atoms with E-state index in [1.165, 1.54) is 0 Å². The first kappa shape index (κ1) is 12.2. The van der Waals surface area contributed by atoms with Crippen molar-refractivity contribution in [2.24, 2.45) is 0 Å². The first-order valence-electron chi connectivity index (χ1n) is 4.81. The van der Waals surface area contributed by atoms with E-state index >= 15 is 0 Å². The molecule has 84 valence electrons. The third kappa shape index (κ3) is 3.07. The summed E-state index contributed by atoms with van der Waals surface area (Å²) in [6.07, 6.45) is 0. The largest absolute Gasteiger partial charge is 0.478 e. The average molecular weight is 218 g/mol. The summed E-state index contributed by atoms with van der Waals surface area (Å²) in [5, 5.41) is 10.8. The zero-order chi connectivity index (χ0) is 12.0. The summed E-state index contributed by atoms with van der Waals surface area (Å²) in [6.45, 7) is 0. The van der Waals surface area contributed by atoms with E-state index in [1.807, 2.05) is 30.3 Å². The molecule has 0 bridgehead atoms. The molecule has 2 aromatic rings. The van der Waals surface area contributed by atoms with Crippen LogP contribution < -0.4 is 0 Å². The number of aromatic carboxylic acids is 1. The summed E-state index contributed by atoms with van der Waals surface area (Å²) in [5.74, 6) is -0.884. The van der Waals surface area contributed by atoms with Crippen LogP contribution in [0.2, 0.25) is 0 Å². The molecule has 2 rings (SSSR count). The summed E-state index contributed by atoms with van der Waals surface area (Å²) >= 11 is 0. The Hall–Kier alpha value is -1.87. The molecule has 0 saturated heterocycles. The van der Waals surface area contributed by atoms with Crippen LogP contribution >= 0.6 is 0 Å². The fourth-order valence-corrected chi connectivity index (χ4v) is 1.32. The minimum atomic E-state index is -0.884. The molecular formula is C13H14O3. The molecular weight excluding hydrogens is 204 g/mol.